The molecule has 2 saturated heterocycles. The molecular weight excluding hydrogens is 422 g/mol. The largest absolute Gasteiger partial charge is 0.447 e. The zero-order chi connectivity index (χ0) is 22.4. The molecule has 1 N–H and O–H groups in total. The Morgan fingerprint density at radius 1 is 1.16 bits per heavy atom. The second kappa shape index (κ2) is 7.20. The molecule has 2 aliphatic heterocycles. The minimum atomic E-state index is -2.13. The molecule has 2 bridgehead atoms. The SMILES string of the molecule is N#CC1(C#N)C(c2ccc(Cl)c([N+](=O)[O-])c2)OC23CCCCCCC2C1(C#N)C(=N)O3. The van der Waals surface area contributed by atoms with Gasteiger partial charge in [0.15, 0.2) is 5.41 Å². The van der Waals surface area contributed by atoms with Gasteiger partial charge in [0, 0.05) is 12.5 Å². The Morgan fingerprint density at radius 3 is 2.52 bits per heavy atom. The molecule has 0 spiro atoms. The van der Waals surface area contributed by atoms with Crippen molar-refractivity contribution in [2.45, 2.75) is 50.4 Å². The summed E-state index contributed by atoms with van der Waals surface area (Å²) in [6, 6.07) is 9.93. The lowest BCUT2D eigenvalue weighted by Crippen LogP contribution is -2.59. The van der Waals surface area contributed by atoms with Crippen LogP contribution in [0, 0.1) is 66.3 Å². The fourth-order valence-electron chi connectivity index (χ4n) is 5.35. The summed E-state index contributed by atoms with van der Waals surface area (Å²) in [5.41, 5.74) is -4.23. The highest BCUT2D eigenvalue weighted by Crippen LogP contribution is 2.68. The number of nitriles is 3. The Morgan fingerprint density at radius 2 is 1.87 bits per heavy atom. The van der Waals surface area contributed by atoms with Crippen LogP contribution in [0.1, 0.15) is 50.2 Å². The van der Waals surface area contributed by atoms with Gasteiger partial charge >= 0.3 is 0 Å². The van der Waals surface area contributed by atoms with Crippen LogP contribution >= 0.6 is 11.6 Å². The monoisotopic (exact) mass is 439 g/mol. The highest BCUT2D eigenvalue weighted by Gasteiger charge is 2.80. The number of nitro benzene ring substituents is 1. The van der Waals surface area contributed by atoms with E-state index in [-0.39, 0.29) is 10.6 Å². The van der Waals surface area contributed by atoms with Crippen LogP contribution in [0.5, 0.6) is 0 Å². The van der Waals surface area contributed by atoms with E-state index in [4.69, 9.17) is 26.5 Å². The predicted molar refractivity (Wildman–Crippen MR) is 106 cm³/mol. The molecule has 10 heteroatoms. The molecule has 9 nitrogen and oxygen atoms in total. The molecule has 4 rings (SSSR count). The summed E-state index contributed by atoms with van der Waals surface area (Å²) < 4.78 is 12.2. The van der Waals surface area contributed by atoms with Gasteiger partial charge in [0.05, 0.1) is 29.0 Å². The van der Waals surface area contributed by atoms with Crippen LogP contribution < -0.4 is 0 Å². The zero-order valence-electron chi connectivity index (χ0n) is 16.4. The molecule has 31 heavy (non-hydrogen) atoms. The Hall–Kier alpha value is -3.19. The molecule has 3 fully saturated rings. The van der Waals surface area contributed by atoms with Crippen LogP contribution in [0.25, 0.3) is 0 Å². The molecule has 4 unspecified atom stereocenters. The normalized spacial score (nSPS) is 33.4. The van der Waals surface area contributed by atoms with E-state index in [0.29, 0.717) is 12.8 Å². The molecule has 4 atom stereocenters. The lowest BCUT2D eigenvalue weighted by molar-refractivity contribution is -0.384. The average molecular weight is 440 g/mol. The third kappa shape index (κ3) is 2.59. The summed E-state index contributed by atoms with van der Waals surface area (Å²) in [7, 11) is 0. The summed E-state index contributed by atoms with van der Waals surface area (Å²) in [6.45, 7) is 0. The van der Waals surface area contributed by atoms with Gasteiger partial charge in [-0.2, -0.15) is 15.8 Å². The fourth-order valence-corrected chi connectivity index (χ4v) is 5.53. The molecule has 1 saturated carbocycles. The van der Waals surface area contributed by atoms with E-state index in [2.05, 4.69) is 6.07 Å². The van der Waals surface area contributed by atoms with Gasteiger partial charge in [0.25, 0.3) is 5.69 Å². The number of nitrogens with zero attached hydrogens (tertiary/aromatic N) is 4. The number of halogens is 1. The van der Waals surface area contributed by atoms with Crippen LogP contribution in [0.4, 0.5) is 5.69 Å². The van der Waals surface area contributed by atoms with Crippen molar-refractivity contribution in [1.82, 2.24) is 0 Å². The van der Waals surface area contributed by atoms with Crippen LogP contribution in [-0.2, 0) is 9.47 Å². The molecule has 1 aromatic carbocycles. The maximum atomic E-state index is 11.4. The Kier molecular flexibility index (Phi) is 4.89. The van der Waals surface area contributed by atoms with Gasteiger partial charge in [-0.05, 0) is 24.5 Å². The van der Waals surface area contributed by atoms with Gasteiger partial charge in [-0.15, -0.1) is 0 Å². The van der Waals surface area contributed by atoms with E-state index in [1.54, 1.807) is 0 Å². The molecule has 3 aliphatic rings. The highest BCUT2D eigenvalue weighted by molar-refractivity contribution is 6.32. The summed E-state index contributed by atoms with van der Waals surface area (Å²) in [4.78, 5) is 10.8. The number of hydrogen-bond acceptors (Lipinski definition) is 8. The number of rotatable bonds is 2. The smallest absolute Gasteiger partial charge is 0.288 e. The van der Waals surface area contributed by atoms with Crippen LogP contribution in [-0.4, -0.2) is 16.6 Å². The van der Waals surface area contributed by atoms with E-state index in [1.165, 1.54) is 12.1 Å². The first-order valence-electron chi connectivity index (χ1n) is 9.95. The van der Waals surface area contributed by atoms with Crippen LogP contribution in [0.15, 0.2) is 18.2 Å². The number of nitrogens with one attached hydrogen (secondary N) is 1. The maximum absolute atomic E-state index is 11.4. The maximum Gasteiger partial charge on any atom is 0.288 e. The molecular formula is C21H18ClN5O4. The Balaban J connectivity index is 1.99. The van der Waals surface area contributed by atoms with Crippen molar-refractivity contribution in [3.8, 4) is 18.2 Å². The molecule has 0 amide bonds. The number of benzene rings is 1. The standard InChI is InChI=1S/C21H18ClN5O4/c22-14-7-6-13(9-15(14)27(28)29)17-19(10-23,11-24)20(12-25)16-5-3-1-2-4-8-21(16,30-17)31-18(20)26/h6-7,9,16-17,26H,1-5,8H2. The molecule has 1 aliphatic carbocycles. The van der Waals surface area contributed by atoms with Gasteiger partial charge in [0.2, 0.25) is 17.1 Å². The molecule has 2 heterocycles. The van der Waals surface area contributed by atoms with Gasteiger partial charge in [0.1, 0.15) is 11.1 Å². The van der Waals surface area contributed by atoms with Gasteiger partial charge in [-0.25, -0.2) is 0 Å². The Bertz CT molecular complexity index is 1090. The van der Waals surface area contributed by atoms with Gasteiger partial charge in [-0.3, -0.25) is 15.5 Å². The minimum Gasteiger partial charge on any atom is -0.447 e. The van der Waals surface area contributed by atoms with E-state index in [9.17, 15) is 25.9 Å². The van der Waals surface area contributed by atoms with Crippen molar-refractivity contribution < 1.29 is 14.4 Å². The van der Waals surface area contributed by atoms with E-state index < -0.39 is 45.1 Å². The quantitative estimate of drug-likeness (QED) is 0.523. The van der Waals surface area contributed by atoms with Crippen molar-refractivity contribution >= 4 is 23.2 Å². The van der Waals surface area contributed by atoms with E-state index in [1.807, 2.05) is 12.1 Å². The molecule has 158 valence electrons. The number of nitro groups is 1. The van der Waals surface area contributed by atoms with E-state index in [0.717, 1.165) is 31.7 Å². The van der Waals surface area contributed by atoms with Crippen LogP contribution in [0.3, 0.4) is 0 Å². The zero-order valence-corrected chi connectivity index (χ0v) is 17.2. The first-order chi connectivity index (χ1) is 14.8. The highest BCUT2D eigenvalue weighted by atomic mass is 35.5. The van der Waals surface area contributed by atoms with Crippen molar-refractivity contribution in [3.63, 3.8) is 0 Å². The summed E-state index contributed by atoms with van der Waals surface area (Å²) in [5, 5.41) is 50.7. The molecule has 0 radical (unpaired) electrons. The summed E-state index contributed by atoms with van der Waals surface area (Å²) in [6.07, 6.45) is 2.85. The number of ether oxygens (including phenoxy) is 2. The first kappa shape index (κ1) is 21.1. The second-order valence-electron chi connectivity index (χ2n) is 8.17. The summed E-state index contributed by atoms with van der Waals surface area (Å²) >= 11 is 5.94. The first-order valence-corrected chi connectivity index (χ1v) is 10.3. The second-order valence-corrected chi connectivity index (χ2v) is 8.57. The summed E-state index contributed by atoms with van der Waals surface area (Å²) in [5.74, 6) is -2.46. The lowest BCUT2D eigenvalue weighted by Gasteiger charge is -2.50. The van der Waals surface area contributed by atoms with Crippen molar-refractivity contribution in [2.24, 2.45) is 16.7 Å². The van der Waals surface area contributed by atoms with Crippen molar-refractivity contribution in [2.75, 3.05) is 0 Å². The number of hydrogen-bond donors (Lipinski definition) is 1. The lowest BCUT2D eigenvalue weighted by atomic mass is 9.52. The molecule has 0 aromatic heterocycles. The van der Waals surface area contributed by atoms with Gasteiger partial charge < -0.3 is 9.47 Å². The topological polar surface area (TPSA) is 157 Å². The van der Waals surface area contributed by atoms with E-state index >= 15 is 0 Å². The Labute approximate surface area is 183 Å². The third-order valence-electron chi connectivity index (χ3n) is 6.79. The third-order valence-corrected chi connectivity index (χ3v) is 7.11. The molecule has 1 aromatic rings. The average Bonchev–Trinajstić information content (AvgIpc) is 2.91. The predicted octanol–water partition coefficient (Wildman–Crippen LogP) is 4.54. The minimum absolute atomic E-state index is 0.104. The van der Waals surface area contributed by atoms with Crippen molar-refractivity contribution in [1.29, 1.82) is 21.2 Å². The fraction of sp³-hybridized carbons (Fsp3) is 0.524. The van der Waals surface area contributed by atoms with Crippen LogP contribution in [0.2, 0.25) is 5.02 Å². The van der Waals surface area contributed by atoms with Gasteiger partial charge in [-0.1, -0.05) is 36.9 Å². The van der Waals surface area contributed by atoms with Crippen molar-refractivity contribution in [3.05, 3.63) is 38.9 Å².